The molecule has 3 aromatic heterocycles. The highest BCUT2D eigenvalue weighted by molar-refractivity contribution is 6.15. The van der Waals surface area contributed by atoms with Crippen molar-refractivity contribution in [1.29, 1.82) is 0 Å². The Morgan fingerprint density at radius 3 is 1.85 bits per heavy atom. The van der Waals surface area contributed by atoms with Gasteiger partial charge >= 0.3 is 0 Å². The van der Waals surface area contributed by atoms with Crippen molar-refractivity contribution >= 4 is 65.3 Å². The zero-order valence-electron chi connectivity index (χ0n) is 27.9. The predicted molar refractivity (Wildman–Crippen MR) is 213 cm³/mol. The lowest BCUT2D eigenvalue weighted by Gasteiger charge is -2.11. The second kappa shape index (κ2) is 11.2. The molecule has 0 unspecified atom stereocenters. The van der Waals surface area contributed by atoms with Crippen LogP contribution in [0.4, 0.5) is 0 Å². The molecule has 0 aliphatic heterocycles. The minimum absolute atomic E-state index is 0.599. The van der Waals surface area contributed by atoms with Crippen molar-refractivity contribution in [2.24, 2.45) is 0 Å². The lowest BCUT2D eigenvalue weighted by Crippen LogP contribution is -2.00. The third kappa shape index (κ3) is 4.46. The average Bonchev–Trinajstić information content (AvgIpc) is 3.74. The van der Waals surface area contributed by atoms with E-state index in [-0.39, 0.29) is 0 Å². The number of aromatic nitrogens is 4. The van der Waals surface area contributed by atoms with Crippen molar-refractivity contribution in [3.8, 4) is 39.9 Å². The Kier molecular flexibility index (Phi) is 6.18. The molecule has 0 saturated heterocycles. The quantitative estimate of drug-likeness (QED) is 0.188. The second-order valence-electron chi connectivity index (χ2n) is 13.3. The van der Waals surface area contributed by atoms with E-state index < -0.39 is 0 Å². The standard InChI is InChI=1S/C47H28N4O/c1-2-15-35(16-3-1)51-40-19-9-8-17-36(40)38-27-34(23-24-41(38)51)46-48-45(33-22-21-29-11-4-5-12-30(29)25-33)49-47(50-46)37-18-10-20-42-44(37)39-26-31-13-6-7-14-32(31)28-43(39)52-42/h1-28H. The minimum Gasteiger partial charge on any atom is -0.456 e. The Morgan fingerprint density at radius 1 is 0.385 bits per heavy atom. The molecule has 0 aliphatic carbocycles. The maximum Gasteiger partial charge on any atom is 0.164 e. The van der Waals surface area contributed by atoms with Gasteiger partial charge in [0.25, 0.3) is 0 Å². The van der Waals surface area contributed by atoms with Gasteiger partial charge < -0.3 is 8.98 Å². The van der Waals surface area contributed by atoms with Crippen LogP contribution < -0.4 is 0 Å². The summed E-state index contributed by atoms with van der Waals surface area (Å²) < 4.78 is 8.78. The van der Waals surface area contributed by atoms with Crippen molar-refractivity contribution in [2.75, 3.05) is 0 Å². The van der Waals surface area contributed by atoms with E-state index in [0.29, 0.717) is 17.5 Å². The molecule has 0 N–H and O–H groups in total. The Labute approximate surface area is 298 Å². The van der Waals surface area contributed by atoms with E-state index in [0.717, 1.165) is 76.9 Å². The molecule has 0 atom stereocenters. The number of hydrogen-bond acceptors (Lipinski definition) is 4. The second-order valence-corrected chi connectivity index (χ2v) is 13.3. The zero-order chi connectivity index (χ0) is 34.2. The van der Waals surface area contributed by atoms with Crippen LogP contribution in [0.25, 0.3) is 105 Å². The molecule has 52 heavy (non-hydrogen) atoms. The Bertz CT molecular complexity index is 3190. The third-order valence-electron chi connectivity index (χ3n) is 10.2. The van der Waals surface area contributed by atoms with Crippen LogP contribution in [0, 0.1) is 0 Å². The molecule has 0 spiro atoms. The van der Waals surface area contributed by atoms with Gasteiger partial charge in [-0.3, -0.25) is 0 Å². The number of benzene rings is 8. The van der Waals surface area contributed by atoms with Gasteiger partial charge in [0.1, 0.15) is 11.2 Å². The van der Waals surface area contributed by atoms with Crippen LogP contribution in [0.5, 0.6) is 0 Å². The summed E-state index contributed by atoms with van der Waals surface area (Å²) in [5.41, 5.74) is 7.79. The van der Waals surface area contributed by atoms with Gasteiger partial charge in [-0.1, -0.05) is 109 Å². The smallest absolute Gasteiger partial charge is 0.164 e. The van der Waals surface area contributed by atoms with Crippen LogP contribution in [-0.2, 0) is 0 Å². The van der Waals surface area contributed by atoms with Gasteiger partial charge in [0.2, 0.25) is 0 Å². The summed E-state index contributed by atoms with van der Waals surface area (Å²) in [5, 5.41) is 8.94. The van der Waals surface area contributed by atoms with E-state index in [9.17, 15) is 0 Å². The summed E-state index contributed by atoms with van der Waals surface area (Å²) >= 11 is 0. The highest BCUT2D eigenvalue weighted by Crippen LogP contribution is 2.39. The molecular formula is C47H28N4O. The normalized spacial score (nSPS) is 11.8. The highest BCUT2D eigenvalue weighted by Gasteiger charge is 2.20. The van der Waals surface area contributed by atoms with Crippen LogP contribution in [-0.4, -0.2) is 19.5 Å². The van der Waals surface area contributed by atoms with E-state index in [1.165, 1.54) is 10.8 Å². The molecule has 8 aromatic carbocycles. The van der Waals surface area contributed by atoms with Gasteiger partial charge in [-0.25, -0.2) is 15.0 Å². The summed E-state index contributed by atoms with van der Waals surface area (Å²) in [7, 11) is 0. The van der Waals surface area contributed by atoms with Crippen LogP contribution in [0.1, 0.15) is 0 Å². The summed E-state index contributed by atoms with van der Waals surface area (Å²) in [6.07, 6.45) is 0. The van der Waals surface area contributed by atoms with E-state index >= 15 is 0 Å². The Morgan fingerprint density at radius 2 is 1.02 bits per heavy atom. The van der Waals surface area contributed by atoms with Gasteiger partial charge in [0.05, 0.1) is 11.0 Å². The molecule has 0 saturated carbocycles. The molecule has 0 fully saturated rings. The maximum atomic E-state index is 6.46. The van der Waals surface area contributed by atoms with Crippen LogP contribution in [0.2, 0.25) is 0 Å². The summed E-state index contributed by atoms with van der Waals surface area (Å²) in [4.78, 5) is 15.6. The van der Waals surface area contributed by atoms with E-state index in [1.807, 2.05) is 12.1 Å². The molecule has 3 heterocycles. The van der Waals surface area contributed by atoms with Gasteiger partial charge in [0.15, 0.2) is 17.5 Å². The number of fused-ring (bicyclic) bond motifs is 8. The molecule has 11 aromatic rings. The van der Waals surface area contributed by atoms with Crippen molar-refractivity contribution in [1.82, 2.24) is 19.5 Å². The van der Waals surface area contributed by atoms with Crippen molar-refractivity contribution < 1.29 is 4.42 Å². The first-order valence-corrected chi connectivity index (χ1v) is 17.4. The SMILES string of the molecule is c1ccc(-n2c3ccccc3c3cc(-c4nc(-c5ccc6ccccc6c5)nc(-c5cccc6oc7cc8ccccc8cc7c56)n4)ccc32)cc1. The molecule has 0 aliphatic rings. The fourth-order valence-corrected chi connectivity index (χ4v) is 7.75. The molecule has 0 radical (unpaired) electrons. The minimum atomic E-state index is 0.599. The number of para-hydroxylation sites is 2. The fourth-order valence-electron chi connectivity index (χ4n) is 7.75. The first-order valence-electron chi connectivity index (χ1n) is 17.4. The molecule has 242 valence electrons. The topological polar surface area (TPSA) is 56.7 Å². The summed E-state index contributed by atoms with van der Waals surface area (Å²) in [6, 6.07) is 59.2. The average molecular weight is 665 g/mol. The molecule has 11 rings (SSSR count). The molecule has 5 heteroatoms. The summed E-state index contributed by atoms with van der Waals surface area (Å²) in [6.45, 7) is 0. The van der Waals surface area contributed by atoms with E-state index in [4.69, 9.17) is 19.4 Å². The van der Waals surface area contributed by atoms with E-state index in [2.05, 4.69) is 162 Å². The first-order chi connectivity index (χ1) is 25.7. The lowest BCUT2D eigenvalue weighted by molar-refractivity contribution is 0.669. The van der Waals surface area contributed by atoms with Gasteiger partial charge in [-0.2, -0.15) is 0 Å². The highest BCUT2D eigenvalue weighted by atomic mass is 16.3. The number of furan rings is 1. The monoisotopic (exact) mass is 664 g/mol. The zero-order valence-corrected chi connectivity index (χ0v) is 27.9. The van der Waals surface area contributed by atoms with Crippen LogP contribution in [0.15, 0.2) is 174 Å². The Hall–Kier alpha value is -7.11. The first kappa shape index (κ1) is 28.7. The predicted octanol–water partition coefficient (Wildman–Crippen LogP) is 12.2. The Balaban J connectivity index is 1.17. The number of hydrogen-bond donors (Lipinski definition) is 0. The van der Waals surface area contributed by atoms with Crippen LogP contribution in [0.3, 0.4) is 0 Å². The van der Waals surface area contributed by atoms with E-state index in [1.54, 1.807) is 0 Å². The summed E-state index contributed by atoms with van der Waals surface area (Å²) in [5.74, 6) is 1.83. The lowest BCUT2D eigenvalue weighted by atomic mass is 10.0. The van der Waals surface area contributed by atoms with Crippen molar-refractivity contribution in [3.63, 3.8) is 0 Å². The van der Waals surface area contributed by atoms with Crippen molar-refractivity contribution in [3.05, 3.63) is 170 Å². The molecule has 0 bridgehead atoms. The van der Waals surface area contributed by atoms with Crippen LogP contribution >= 0.6 is 0 Å². The maximum absolute atomic E-state index is 6.46. The molecule has 0 amide bonds. The van der Waals surface area contributed by atoms with Crippen molar-refractivity contribution in [2.45, 2.75) is 0 Å². The molecular weight excluding hydrogens is 637 g/mol. The largest absolute Gasteiger partial charge is 0.456 e. The van der Waals surface area contributed by atoms with Gasteiger partial charge in [0, 0.05) is 43.9 Å². The fraction of sp³-hybridized carbons (Fsp3) is 0. The van der Waals surface area contributed by atoms with Gasteiger partial charge in [-0.05, 0) is 82.2 Å². The molecule has 5 nitrogen and oxygen atoms in total. The third-order valence-corrected chi connectivity index (χ3v) is 10.2. The van der Waals surface area contributed by atoms with Gasteiger partial charge in [-0.15, -0.1) is 0 Å². The number of rotatable bonds is 4. The number of nitrogens with zero attached hydrogens (tertiary/aromatic N) is 4.